The van der Waals surface area contributed by atoms with Gasteiger partial charge in [-0.15, -0.1) is 10.2 Å². The van der Waals surface area contributed by atoms with Crippen molar-refractivity contribution in [2.45, 2.75) is 11.7 Å². The van der Waals surface area contributed by atoms with Crippen molar-refractivity contribution in [1.82, 2.24) is 25.1 Å². The summed E-state index contributed by atoms with van der Waals surface area (Å²) >= 11 is 1.19. The van der Waals surface area contributed by atoms with Crippen LogP contribution < -0.4 is 10.6 Å². The third kappa shape index (κ3) is 5.38. The molecule has 0 unspecified atom stereocenters. The van der Waals surface area contributed by atoms with Gasteiger partial charge in [0, 0.05) is 30.9 Å². The first-order chi connectivity index (χ1) is 14.4. The molecule has 0 aliphatic carbocycles. The molecule has 0 spiro atoms. The first kappa shape index (κ1) is 20.9. The molecule has 0 aliphatic rings. The number of carbonyl (C=O) groups excluding carboxylic acids is 2. The summed E-state index contributed by atoms with van der Waals surface area (Å²) < 4.78 is 1.66. The summed E-state index contributed by atoms with van der Waals surface area (Å²) in [5.41, 5.74) is 0.0103. The molecule has 0 atom stereocenters. The SMILES string of the molecule is Cn1c(CNC(=O)c2cccc([N+](=O)[O-])c2)nnc1SCC(=O)Nc1ccccn1. The molecule has 2 heterocycles. The zero-order chi connectivity index (χ0) is 21.5. The average molecular weight is 427 g/mol. The van der Waals surface area contributed by atoms with E-state index < -0.39 is 10.8 Å². The number of benzene rings is 1. The average Bonchev–Trinajstić information content (AvgIpc) is 3.10. The highest BCUT2D eigenvalue weighted by Crippen LogP contribution is 2.16. The Labute approximate surface area is 175 Å². The molecule has 30 heavy (non-hydrogen) atoms. The highest BCUT2D eigenvalue weighted by atomic mass is 32.2. The lowest BCUT2D eigenvalue weighted by molar-refractivity contribution is -0.384. The van der Waals surface area contributed by atoms with Gasteiger partial charge in [-0.05, 0) is 18.2 Å². The fraction of sp³-hybridized carbons (Fsp3) is 0.167. The van der Waals surface area contributed by atoms with Crippen molar-refractivity contribution in [2.24, 2.45) is 7.05 Å². The molecule has 154 valence electrons. The van der Waals surface area contributed by atoms with E-state index in [1.54, 1.807) is 36.0 Å². The summed E-state index contributed by atoms with van der Waals surface area (Å²) in [7, 11) is 1.72. The maximum atomic E-state index is 12.2. The predicted molar refractivity (Wildman–Crippen MR) is 109 cm³/mol. The molecule has 2 N–H and O–H groups in total. The Bertz CT molecular complexity index is 1070. The topological polar surface area (TPSA) is 145 Å². The molecular weight excluding hydrogens is 410 g/mol. The van der Waals surface area contributed by atoms with Crippen LogP contribution in [0.3, 0.4) is 0 Å². The van der Waals surface area contributed by atoms with E-state index in [1.807, 2.05) is 0 Å². The molecule has 0 aliphatic heterocycles. The molecule has 11 nitrogen and oxygen atoms in total. The molecular formula is C18H17N7O4S. The fourth-order valence-electron chi connectivity index (χ4n) is 2.39. The van der Waals surface area contributed by atoms with Crippen LogP contribution in [0.4, 0.5) is 11.5 Å². The van der Waals surface area contributed by atoms with Crippen molar-refractivity contribution >= 4 is 35.1 Å². The number of carbonyl (C=O) groups is 2. The lowest BCUT2D eigenvalue weighted by Crippen LogP contribution is -2.24. The first-order valence-corrected chi connectivity index (χ1v) is 9.67. The number of anilines is 1. The van der Waals surface area contributed by atoms with E-state index in [4.69, 9.17) is 0 Å². The minimum atomic E-state index is -0.563. The number of nitrogens with zero attached hydrogens (tertiary/aromatic N) is 5. The number of pyridine rings is 1. The van der Waals surface area contributed by atoms with E-state index in [1.165, 1.54) is 36.0 Å². The van der Waals surface area contributed by atoms with Gasteiger partial charge < -0.3 is 15.2 Å². The molecule has 0 saturated heterocycles. The minimum absolute atomic E-state index is 0.0751. The van der Waals surface area contributed by atoms with Crippen LogP contribution in [0.25, 0.3) is 0 Å². The Morgan fingerprint density at radius 1 is 1.20 bits per heavy atom. The van der Waals surface area contributed by atoms with Crippen LogP contribution in [0, 0.1) is 10.1 Å². The summed E-state index contributed by atoms with van der Waals surface area (Å²) in [4.78, 5) is 38.6. The second-order valence-electron chi connectivity index (χ2n) is 6.00. The molecule has 1 aromatic carbocycles. The number of hydrogen-bond acceptors (Lipinski definition) is 8. The van der Waals surface area contributed by atoms with Crippen LogP contribution in [-0.4, -0.2) is 42.2 Å². The van der Waals surface area contributed by atoms with E-state index in [2.05, 4.69) is 25.8 Å². The van der Waals surface area contributed by atoms with Crippen LogP contribution in [0.5, 0.6) is 0 Å². The quantitative estimate of drug-likeness (QED) is 0.314. The van der Waals surface area contributed by atoms with Gasteiger partial charge in [0.15, 0.2) is 11.0 Å². The Balaban J connectivity index is 1.53. The largest absolute Gasteiger partial charge is 0.345 e. The zero-order valence-corrected chi connectivity index (χ0v) is 16.6. The molecule has 3 rings (SSSR count). The highest BCUT2D eigenvalue weighted by Gasteiger charge is 2.15. The summed E-state index contributed by atoms with van der Waals surface area (Å²) in [5, 5.41) is 24.7. The number of nitro groups is 1. The normalized spacial score (nSPS) is 10.4. The van der Waals surface area contributed by atoms with Gasteiger partial charge in [0.1, 0.15) is 5.82 Å². The van der Waals surface area contributed by atoms with Gasteiger partial charge in [-0.3, -0.25) is 19.7 Å². The van der Waals surface area contributed by atoms with E-state index in [-0.39, 0.29) is 29.5 Å². The molecule has 0 bridgehead atoms. The standard InChI is InChI=1S/C18H17N7O4S/c1-24-15(10-20-17(27)12-5-4-6-13(9-12)25(28)29)22-23-18(24)30-11-16(26)21-14-7-2-3-8-19-14/h2-9H,10-11H2,1H3,(H,20,27)(H,19,21,26). The smallest absolute Gasteiger partial charge is 0.270 e. The second-order valence-corrected chi connectivity index (χ2v) is 6.94. The van der Waals surface area contributed by atoms with Crippen LogP contribution in [0.15, 0.2) is 53.8 Å². The minimum Gasteiger partial charge on any atom is -0.345 e. The van der Waals surface area contributed by atoms with Crippen molar-refractivity contribution in [3.8, 4) is 0 Å². The van der Waals surface area contributed by atoms with Crippen LogP contribution in [0.1, 0.15) is 16.2 Å². The number of hydrogen-bond donors (Lipinski definition) is 2. The molecule has 12 heteroatoms. The summed E-state index contributed by atoms with van der Waals surface area (Å²) in [6.45, 7) is 0.0751. The lowest BCUT2D eigenvalue weighted by Gasteiger charge is -2.06. The van der Waals surface area contributed by atoms with Crippen molar-refractivity contribution in [3.05, 3.63) is 70.2 Å². The van der Waals surface area contributed by atoms with Gasteiger partial charge >= 0.3 is 0 Å². The fourth-order valence-corrected chi connectivity index (χ4v) is 3.12. The number of nitro benzene ring substituents is 1. The number of rotatable bonds is 8. The van der Waals surface area contributed by atoms with E-state index in [0.29, 0.717) is 16.8 Å². The van der Waals surface area contributed by atoms with Gasteiger partial charge in [0.25, 0.3) is 11.6 Å². The number of non-ortho nitro benzene ring substituents is 1. The van der Waals surface area contributed by atoms with Gasteiger partial charge in [0.05, 0.1) is 17.2 Å². The Hall–Kier alpha value is -3.80. The molecule has 0 radical (unpaired) electrons. The maximum absolute atomic E-state index is 12.2. The van der Waals surface area contributed by atoms with Crippen LogP contribution in [-0.2, 0) is 18.4 Å². The van der Waals surface area contributed by atoms with E-state index >= 15 is 0 Å². The number of thioether (sulfide) groups is 1. The first-order valence-electron chi connectivity index (χ1n) is 8.68. The van der Waals surface area contributed by atoms with Crippen molar-refractivity contribution < 1.29 is 14.5 Å². The summed E-state index contributed by atoms with van der Waals surface area (Å²) in [5.74, 6) is 0.350. The van der Waals surface area contributed by atoms with Crippen LogP contribution in [0.2, 0.25) is 0 Å². The maximum Gasteiger partial charge on any atom is 0.270 e. The zero-order valence-electron chi connectivity index (χ0n) is 15.8. The third-order valence-electron chi connectivity index (χ3n) is 3.92. The number of nitrogens with one attached hydrogen (secondary N) is 2. The third-order valence-corrected chi connectivity index (χ3v) is 4.94. The Morgan fingerprint density at radius 3 is 2.77 bits per heavy atom. The van der Waals surface area contributed by atoms with E-state index in [9.17, 15) is 19.7 Å². The number of aromatic nitrogens is 4. The molecule has 0 fully saturated rings. The highest BCUT2D eigenvalue weighted by molar-refractivity contribution is 7.99. The second kappa shape index (κ2) is 9.60. The monoisotopic (exact) mass is 427 g/mol. The molecule has 2 aromatic heterocycles. The van der Waals surface area contributed by atoms with Crippen molar-refractivity contribution in [3.63, 3.8) is 0 Å². The number of amides is 2. The van der Waals surface area contributed by atoms with Gasteiger partial charge in [0.2, 0.25) is 5.91 Å². The Morgan fingerprint density at radius 2 is 2.03 bits per heavy atom. The van der Waals surface area contributed by atoms with Gasteiger partial charge in [-0.25, -0.2) is 4.98 Å². The summed E-state index contributed by atoms with van der Waals surface area (Å²) in [6, 6.07) is 10.7. The van der Waals surface area contributed by atoms with Gasteiger partial charge in [-0.1, -0.05) is 23.9 Å². The predicted octanol–water partition coefficient (Wildman–Crippen LogP) is 1.78. The van der Waals surface area contributed by atoms with E-state index in [0.717, 1.165) is 0 Å². The van der Waals surface area contributed by atoms with Gasteiger partial charge in [-0.2, -0.15) is 0 Å². The van der Waals surface area contributed by atoms with Crippen molar-refractivity contribution in [2.75, 3.05) is 11.1 Å². The molecule has 2 amide bonds. The summed E-state index contributed by atoms with van der Waals surface area (Å²) in [6.07, 6.45) is 1.58. The van der Waals surface area contributed by atoms with Crippen LogP contribution >= 0.6 is 11.8 Å². The molecule has 3 aromatic rings. The van der Waals surface area contributed by atoms with Crippen molar-refractivity contribution in [1.29, 1.82) is 0 Å². The molecule has 0 saturated carbocycles. The Kier molecular flexibility index (Phi) is 6.70. The lowest BCUT2D eigenvalue weighted by atomic mass is 10.2.